The topological polar surface area (TPSA) is 41.8 Å². The standard InChI is InChI=1S/C17H18FNO2/c1-11-5-4-6-12(2)16(11)10-21-17-9-14(18)7-8-15(17)13(3)19-20/h4-9,20H,10H2,1-3H3/b19-13-. The molecular weight excluding hydrogens is 269 g/mol. The maximum Gasteiger partial charge on any atom is 0.131 e. The summed E-state index contributed by atoms with van der Waals surface area (Å²) in [6, 6.07) is 10.2. The van der Waals surface area contributed by atoms with Gasteiger partial charge in [-0.2, -0.15) is 0 Å². The minimum absolute atomic E-state index is 0.341. The van der Waals surface area contributed by atoms with Crippen LogP contribution in [0.2, 0.25) is 0 Å². The van der Waals surface area contributed by atoms with Crippen molar-refractivity contribution in [1.29, 1.82) is 0 Å². The summed E-state index contributed by atoms with van der Waals surface area (Å²) in [4.78, 5) is 0. The average molecular weight is 287 g/mol. The van der Waals surface area contributed by atoms with Gasteiger partial charge in [-0.3, -0.25) is 0 Å². The first-order valence-corrected chi connectivity index (χ1v) is 6.69. The Morgan fingerprint density at radius 2 is 1.86 bits per heavy atom. The molecule has 0 fully saturated rings. The van der Waals surface area contributed by atoms with Crippen molar-refractivity contribution >= 4 is 5.71 Å². The average Bonchev–Trinajstić information content (AvgIpc) is 2.46. The number of nitrogens with zero attached hydrogens (tertiary/aromatic N) is 1. The number of rotatable bonds is 4. The van der Waals surface area contributed by atoms with Crippen LogP contribution in [0.5, 0.6) is 5.75 Å². The van der Waals surface area contributed by atoms with E-state index in [0.717, 1.165) is 16.7 Å². The summed E-state index contributed by atoms with van der Waals surface area (Å²) in [5.74, 6) is -0.0195. The van der Waals surface area contributed by atoms with Gasteiger partial charge in [0.15, 0.2) is 0 Å². The number of benzene rings is 2. The Bertz CT molecular complexity index is 660. The highest BCUT2D eigenvalue weighted by Gasteiger charge is 2.10. The third-order valence-corrected chi connectivity index (χ3v) is 3.50. The number of oxime groups is 1. The molecule has 0 saturated carbocycles. The van der Waals surface area contributed by atoms with Crippen LogP contribution in [0, 0.1) is 19.7 Å². The number of hydrogen-bond donors (Lipinski definition) is 1. The van der Waals surface area contributed by atoms with E-state index in [-0.39, 0.29) is 5.82 Å². The molecule has 0 atom stereocenters. The van der Waals surface area contributed by atoms with Gasteiger partial charge in [0.2, 0.25) is 0 Å². The van der Waals surface area contributed by atoms with Gasteiger partial charge >= 0.3 is 0 Å². The maximum absolute atomic E-state index is 13.4. The monoisotopic (exact) mass is 287 g/mol. The Kier molecular flexibility index (Phi) is 4.58. The SMILES string of the molecule is C/C(=N/O)c1ccc(F)cc1OCc1c(C)cccc1C. The number of hydrogen-bond acceptors (Lipinski definition) is 3. The van der Waals surface area contributed by atoms with Crippen LogP contribution in [-0.2, 0) is 6.61 Å². The molecule has 0 aliphatic heterocycles. The molecule has 0 heterocycles. The quantitative estimate of drug-likeness (QED) is 0.519. The van der Waals surface area contributed by atoms with Crippen LogP contribution in [0.3, 0.4) is 0 Å². The van der Waals surface area contributed by atoms with Crippen molar-refractivity contribution in [2.24, 2.45) is 5.16 Å². The zero-order valence-corrected chi connectivity index (χ0v) is 12.4. The van der Waals surface area contributed by atoms with Crippen molar-refractivity contribution in [1.82, 2.24) is 0 Å². The second-order valence-corrected chi connectivity index (χ2v) is 4.98. The lowest BCUT2D eigenvalue weighted by molar-refractivity contribution is 0.300. The highest BCUT2D eigenvalue weighted by Crippen LogP contribution is 2.23. The van der Waals surface area contributed by atoms with Gasteiger partial charge in [0.05, 0.1) is 5.71 Å². The Morgan fingerprint density at radius 3 is 2.48 bits per heavy atom. The Labute approximate surface area is 123 Å². The first-order chi connectivity index (χ1) is 10.0. The van der Waals surface area contributed by atoms with Crippen LogP contribution in [0.1, 0.15) is 29.2 Å². The molecule has 110 valence electrons. The molecular formula is C17H18FNO2. The molecule has 4 heteroatoms. The van der Waals surface area contributed by atoms with Crippen LogP contribution in [0.25, 0.3) is 0 Å². The summed E-state index contributed by atoms with van der Waals surface area (Å²) in [6.45, 7) is 6.00. The number of halogens is 1. The molecule has 0 aliphatic rings. The van der Waals surface area contributed by atoms with E-state index < -0.39 is 0 Å². The van der Waals surface area contributed by atoms with E-state index in [4.69, 9.17) is 9.94 Å². The second kappa shape index (κ2) is 6.39. The number of ether oxygens (including phenoxy) is 1. The zero-order valence-electron chi connectivity index (χ0n) is 12.4. The molecule has 2 rings (SSSR count). The van der Waals surface area contributed by atoms with Gasteiger partial charge in [-0.1, -0.05) is 23.4 Å². The molecule has 0 bridgehead atoms. The molecule has 0 aromatic heterocycles. The smallest absolute Gasteiger partial charge is 0.131 e. The van der Waals surface area contributed by atoms with E-state index in [0.29, 0.717) is 23.6 Å². The maximum atomic E-state index is 13.4. The molecule has 3 nitrogen and oxygen atoms in total. The van der Waals surface area contributed by atoms with Crippen LogP contribution in [-0.4, -0.2) is 10.9 Å². The lowest BCUT2D eigenvalue weighted by Gasteiger charge is -2.14. The van der Waals surface area contributed by atoms with E-state index in [1.54, 1.807) is 13.0 Å². The van der Waals surface area contributed by atoms with Gasteiger partial charge < -0.3 is 9.94 Å². The zero-order chi connectivity index (χ0) is 15.4. The summed E-state index contributed by atoms with van der Waals surface area (Å²) in [6.07, 6.45) is 0. The van der Waals surface area contributed by atoms with E-state index >= 15 is 0 Å². The summed E-state index contributed by atoms with van der Waals surface area (Å²) >= 11 is 0. The van der Waals surface area contributed by atoms with Crippen molar-refractivity contribution in [2.45, 2.75) is 27.4 Å². The van der Waals surface area contributed by atoms with Crippen LogP contribution in [0.4, 0.5) is 4.39 Å². The third-order valence-electron chi connectivity index (χ3n) is 3.50. The summed E-state index contributed by atoms with van der Waals surface area (Å²) in [5, 5.41) is 12.0. The lowest BCUT2D eigenvalue weighted by Crippen LogP contribution is -2.05. The molecule has 0 amide bonds. The van der Waals surface area contributed by atoms with Gasteiger partial charge in [0.1, 0.15) is 18.2 Å². The highest BCUT2D eigenvalue weighted by molar-refractivity contribution is 6.00. The molecule has 0 unspecified atom stereocenters. The molecule has 21 heavy (non-hydrogen) atoms. The van der Waals surface area contributed by atoms with Crippen molar-refractivity contribution in [3.8, 4) is 5.75 Å². The van der Waals surface area contributed by atoms with Gasteiger partial charge in [-0.15, -0.1) is 0 Å². The van der Waals surface area contributed by atoms with Crippen LogP contribution < -0.4 is 4.74 Å². The lowest BCUT2D eigenvalue weighted by atomic mass is 10.0. The fourth-order valence-corrected chi connectivity index (χ4v) is 2.19. The fourth-order valence-electron chi connectivity index (χ4n) is 2.19. The van der Waals surface area contributed by atoms with Gasteiger partial charge in [0.25, 0.3) is 0 Å². The van der Waals surface area contributed by atoms with E-state index in [9.17, 15) is 4.39 Å². The minimum Gasteiger partial charge on any atom is -0.488 e. The van der Waals surface area contributed by atoms with Gasteiger partial charge in [-0.05, 0) is 49.6 Å². The molecule has 0 radical (unpaired) electrons. The Morgan fingerprint density at radius 1 is 1.19 bits per heavy atom. The third kappa shape index (κ3) is 3.40. The van der Waals surface area contributed by atoms with E-state index in [1.165, 1.54) is 12.1 Å². The molecule has 0 aliphatic carbocycles. The summed E-state index contributed by atoms with van der Waals surface area (Å²) < 4.78 is 19.2. The molecule has 0 spiro atoms. The van der Waals surface area contributed by atoms with Crippen LogP contribution >= 0.6 is 0 Å². The summed E-state index contributed by atoms with van der Waals surface area (Å²) in [5.41, 5.74) is 4.28. The highest BCUT2D eigenvalue weighted by atomic mass is 19.1. The number of aryl methyl sites for hydroxylation is 2. The second-order valence-electron chi connectivity index (χ2n) is 4.98. The fraction of sp³-hybridized carbons (Fsp3) is 0.235. The largest absolute Gasteiger partial charge is 0.488 e. The van der Waals surface area contributed by atoms with Gasteiger partial charge in [0, 0.05) is 11.6 Å². The normalized spacial score (nSPS) is 11.5. The Balaban J connectivity index is 2.30. The van der Waals surface area contributed by atoms with Crippen molar-refractivity contribution in [2.75, 3.05) is 0 Å². The first kappa shape index (κ1) is 15.0. The van der Waals surface area contributed by atoms with Crippen molar-refractivity contribution < 1.29 is 14.3 Å². The molecule has 2 aromatic rings. The molecule has 1 N–H and O–H groups in total. The minimum atomic E-state index is -0.388. The van der Waals surface area contributed by atoms with Crippen LogP contribution in [0.15, 0.2) is 41.6 Å². The predicted octanol–water partition coefficient (Wildman–Crippen LogP) is 4.22. The molecule has 0 saturated heterocycles. The molecule has 2 aromatic carbocycles. The summed E-state index contributed by atoms with van der Waals surface area (Å²) in [7, 11) is 0. The van der Waals surface area contributed by atoms with E-state index in [2.05, 4.69) is 5.16 Å². The first-order valence-electron chi connectivity index (χ1n) is 6.69. The van der Waals surface area contributed by atoms with E-state index in [1.807, 2.05) is 32.0 Å². The van der Waals surface area contributed by atoms with Gasteiger partial charge in [-0.25, -0.2) is 4.39 Å². The Hall–Kier alpha value is -2.36. The predicted molar refractivity (Wildman–Crippen MR) is 80.6 cm³/mol. The van der Waals surface area contributed by atoms with Crippen molar-refractivity contribution in [3.05, 3.63) is 64.5 Å². The van der Waals surface area contributed by atoms with Crippen molar-refractivity contribution in [3.63, 3.8) is 0 Å².